The molecule has 1 unspecified atom stereocenters. The van der Waals surface area contributed by atoms with Crippen LogP contribution in [0.1, 0.15) is 19.8 Å². The summed E-state index contributed by atoms with van der Waals surface area (Å²) in [5.41, 5.74) is 0. The molecule has 1 fully saturated rings. The van der Waals surface area contributed by atoms with Crippen LogP contribution in [-0.4, -0.2) is 24.3 Å². The zero-order valence-electron chi connectivity index (χ0n) is 5.93. The van der Waals surface area contributed by atoms with Crippen LogP contribution in [0, 0.1) is 5.92 Å². The van der Waals surface area contributed by atoms with Gasteiger partial charge in [0.1, 0.15) is 0 Å². The summed E-state index contributed by atoms with van der Waals surface area (Å²) in [5, 5.41) is 12.0. The third-order valence-electron chi connectivity index (χ3n) is 1.85. The maximum atomic E-state index is 8.81. The number of rotatable bonds is 4. The number of aliphatic hydroxyl groups is 1. The molecule has 2 nitrogen and oxygen atoms in total. The van der Waals surface area contributed by atoms with Gasteiger partial charge >= 0.3 is 0 Å². The highest BCUT2D eigenvalue weighted by molar-refractivity contribution is 4.85. The van der Waals surface area contributed by atoms with E-state index >= 15 is 0 Å². The van der Waals surface area contributed by atoms with Gasteiger partial charge in [0.2, 0.25) is 0 Å². The molecule has 0 bridgehead atoms. The molecular weight excluding hydrogens is 114 g/mol. The second kappa shape index (κ2) is 3.18. The van der Waals surface area contributed by atoms with Gasteiger partial charge in [-0.2, -0.15) is 0 Å². The van der Waals surface area contributed by atoms with Gasteiger partial charge in [0.25, 0.3) is 0 Å². The Balaban J connectivity index is 2.12. The Bertz CT molecular complexity index is 81.0. The molecule has 0 saturated heterocycles. The van der Waals surface area contributed by atoms with E-state index in [2.05, 4.69) is 12.2 Å². The van der Waals surface area contributed by atoms with Crippen LogP contribution in [0.3, 0.4) is 0 Å². The van der Waals surface area contributed by atoms with Crippen LogP contribution in [0.2, 0.25) is 0 Å². The van der Waals surface area contributed by atoms with Crippen molar-refractivity contribution in [3.8, 4) is 0 Å². The second-order valence-corrected chi connectivity index (χ2v) is 2.68. The van der Waals surface area contributed by atoms with Crippen LogP contribution in [0.25, 0.3) is 0 Å². The number of nitrogens with one attached hydrogen (secondary N) is 1. The van der Waals surface area contributed by atoms with Crippen molar-refractivity contribution in [1.29, 1.82) is 0 Å². The molecule has 1 aliphatic carbocycles. The predicted octanol–water partition coefficient (Wildman–Crippen LogP) is 0.367. The Morgan fingerprint density at radius 3 is 2.67 bits per heavy atom. The zero-order valence-corrected chi connectivity index (χ0v) is 5.93. The summed E-state index contributed by atoms with van der Waals surface area (Å²) in [6.07, 6.45) is 2.61. The molecule has 0 aromatic carbocycles. The van der Waals surface area contributed by atoms with E-state index in [1.807, 2.05) is 0 Å². The number of hydrogen-bond donors (Lipinski definition) is 2. The SMILES string of the molecule is CCNC(CO)C1CC1. The lowest BCUT2D eigenvalue weighted by Crippen LogP contribution is -2.33. The van der Waals surface area contributed by atoms with Gasteiger partial charge < -0.3 is 10.4 Å². The Hall–Kier alpha value is -0.0800. The average Bonchev–Trinajstić information content (AvgIpc) is 2.64. The fourth-order valence-electron chi connectivity index (χ4n) is 1.14. The highest BCUT2D eigenvalue weighted by atomic mass is 16.3. The van der Waals surface area contributed by atoms with Gasteiger partial charge in [0, 0.05) is 6.04 Å². The van der Waals surface area contributed by atoms with E-state index in [4.69, 9.17) is 5.11 Å². The first-order valence-electron chi connectivity index (χ1n) is 3.72. The van der Waals surface area contributed by atoms with Crippen LogP contribution in [0.15, 0.2) is 0 Å². The fourth-order valence-corrected chi connectivity index (χ4v) is 1.14. The third kappa shape index (κ3) is 1.95. The summed E-state index contributed by atoms with van der Waals surface area (Å²) < 4.78 is 0. The quantitative estimate of drug-likeness (QED) is 0.574. The lowest BCUT2D eigenvalue weighted by Gasteiger charge is -2.12. The Morgan fingerprint density at radius 2 is 2.33 bits per heavy atom. The van der Waals surface area contributed by atoms with Gasteiger partial charge in [0.05, 0.1) is 6.61 Å². The molecule has 1 saturated carbocycles. The van der Waals surface area contributed by atoms with E-state index in [1.54, 1.807) is 0 Å². The summed E-state index contributed by atoms with van der Waals surface area (Å²) in [7, 11) is 0. The predicted molar refractivity (Wildman–Crippen MR) is 37.3 cm³/mol. The first-order valence-corrected chi connectivity index (χ1v) is 3.72. The highest BCUT2D eigenvalue weighted by Gasteiger charge is 2.29. The van der Waals surface area contributed by atoms with Crippen molar-refractivity contribution < 1.29 is 5.11 Å². The van der Waals surface area contributed by atoms with Crippen LogP contribution >= 0.6 is 0 Å². The Labute approximate surface area is 56.3 Å². The summed E-state index contributed by atoms with van der Waals surface area (Å²) in [4.78, 5) is 0. The molecule has 1 atom stereocenters. The highest BCUT2D eigenvalue weighted by Crippen LogP contribution is 2.32. The van der Waals surface area contributed by atoms with Crippen molar-refractivity contribution in [2.45, 2.75) is 25.8 Å². The van der Waals surface area contributed by atoms with Gasteiger partial charge in [-0.1, -0.05) is 6.92 Å². The van der Waals surface area contributed by atoms with Crippen molar-refractivity contribution in [3.05, 3.63) is 0 Å². The molecule has 0 radical (unpaired) electrons. The molecule has 54 valence electrons. The smallest absolute Gasteiger partial charge is 0.0587 e. The molecule has 0 aromatic rings. The standard InChI is InChI=1S/C7H15NO/c1-2-8-7(5-9)6-3-4-6/h6-9H,2-5H2,1H3. The molecular formula is C7H15NO. The lowest BCUT2D eigenvalue weighted by atomic mass is 10.2. The average molecular weight is 129 g/mol. The monoisotopic (exact) mass is 129 g/mol. The maximum absolute atomic E-state index is 8.81. The van der Waals surface area contributed by atoms with Gasteiger partial charge in [0.15, 0.2) is 0 Å². The van der Waals surface area contributed by atoms with E-state index in [-0.39, 0.29) is 0 Å². The van der Waals surface area contributed by atoms with Gasteiger partial charge in [-0.05, 0) is 25.3 Å². The number of likely N-dealkylation sites (N-methyl/N-ethyl adjacent to an activating group) is 1. The summed E-state index contributed by atoms with van der Waals surface area (Å²) >= 11 is 0. The molecule has 0 amide bonds. The molecule has 9 heavy (non-hydrogen) atoms. The molecule has 0 spiro atoms. The summed E-state index contributed by atoms with van der Waals surface area (Å²) in [6.45, 7) is 3.35. The Morgan fingerprint density at radius 1 is 1.67 bits per heavy atom. The summed E-state index contributed by atoms with van der Waals surface area (Å²) in [6, 6.07) is 0.384. The number of hydrogen-bond acceptors (Lipinski definition) is 2. The minimum atomic E-state index is 0.304. The molecule has 0 aromatic heterocycles. The van der Waals surface area contributed by atoms with Crippen LogP contribution in [0.5, 0.6) is 0 Å². The largest absolute Gasteiger partial charge is 0.395 e. The van der Waals surface area contributed by atoms with Crippen LogP contribution in [0.4, 0.5) is 0 Å². The van der Waals surface area contributed by atoms with E-state index < -0.39 is 0 Å². The minimum absolute atomic E-state index is 0.304. The molecule has 0 heterocycles. The van der Waals surface area contributed by atoms with E-state index in [9.17, 15) is 0 Å². The van der Waals surface area contributed by atoms with Gasteiger partial charge in [-0.25, -0.2) is 0 Å². The molecule has 0 aliphatic heterocycles. The topological polar surface area (TPSA) is 32.3 Å². The lowest BCUT2D eigenvalue weighted by molar-refractivity contribution is 0.230. The van der Waals surface area contributed by atoms with E-state index in [1.165, 1.54) is 12.8 Å². The van der Waals surface area contributed by atoms with E-state index in [0.29, 0.717) is 12.6 Å². The zero-order chi connectivity index (χ0) is 6.69. The molecule has 1 rings (SSSR count). The van der Waals surface area contributed by atoms with Crippen molar-refractivity contribution in [2.24, 2.45) is 5.92 Å². The van der Waals surface area contributed by atoms with Crippen LogP contribution < -0.4 is 5.32 Å². The molecule has 2 heteroatoms. The maximum Gasteiger partial charge on any atom is 0.0587 e. The second-order valence-electron chi connectivity index (χ2n) is 2.68. The first-order chi connectivity index (χ1) is 4.38. The molecule has 2 N–H and O–H groups in total. The van der Waals surface area contributed by atoms with E-state index in [0.717, 1.165) is 12.5 Å². The van der Waals surface area contributed by atoms with Crippen molar-refractivity contribution >= 4 is 0 Å². The van der Waals surface area contributed by atoms with Crippen molar-refractivity contribution in [2.75, 3.05) is 13.2 Å². The van der Waals surface area contributed by atoms with Gasteiger partial charge in [-0.3, -0.25) is 0 Å². The number of aliphatic hydroxyl groups excluding tert-OH is 1. The third-order valence-corrected chi connectivity index (χ3v) is 1.85. The fraction of sp³-hybridized carbons (Fsp3) is 1.00. The normalized spacial score (nSPS) is 22.0. The van der Waals surface area contributed by atoms with Crippen molar-refractivity contribution in [1.82, 2.24) is 5.32 Å². The van der Waals surface area contributed by atoms with Crippen LogP contribution in [-0.2, 0) is 0 Å². The Kier molecular flexibility index (Phi) is 2.49. The summed E-state index contributed by atoms with van der Waals surface area (Å²) in [5.74, 6) is 0.773. The molecule has 1 aliphatic rings. The van der Waals surface area contributed by atoms with Crippen molar-refractivity contribution in [3.63, 3.8) is 0 Å². The van der Waals surface area contributed by atoms with Gasteiger partial charge in [-0.15, -0.1) is 0 Å². The first kappa shape index (κ1) is 7.03. The minimum Gasteiger partial charge on any atom is -0.395 e.